The van der Waals surface area contributed by atoms with Crippen molar-refractivity contribution >= 4 is 22.6 Å². The average Bonchev–Trinajstić information content (AvgIpc) is 3.23. The lowest BCUT2D eigenvalue weighted by atomic mass is 9.66. The fourth-order valence-electron chi connectivity index (χ4n) is 4.63. The molecule has 3 nitrogen and oxygen atoms in total. The normalized spacial score (nSPS) is 21.2. The largest absolute Gasteiger partial charge is 0.454 e. The van der Waals surface area contributed by atoms with Crippen LogP contribution in [0.1, 0.15) is 43.2 Å². The minimum atomic E-state index is -0.466. The van der Waals surface area contributed by atoms with Crippen LogP contribution >= 0.6 is 0 Å². The molecule has 0 radical (unpaired) electrons. The van der Waals surface area contributed by atoms with Gasteiger partial charge in [0.05, 0.1) is 5.41 Å². The Labute approximate surface area is 171 Å². The summed E-state index contributed by atoms with van der Waals surface area (Å²) >= 11 is 0. The molecular formula is C26H24O3. The first-order chi connectivity index (χ1) is 14.2. The van der Waals surface area contributed by atoms with Gasteiger partial charge in [0, 0.05) is 6.42 Å². The first kappa shape index (κ1) is 18.0. The molecule has 1 aliphatic carbocycles. The Kier molecular flexibility index (Phi) is 4.59. The second kappa shape index (κ2) is 7.40. The van der Waals surface area contributed by atoms with Crippen molar-refractivity contribution in [2.24, 2.45) is 0 Å². The number of Topliss-reactive ketones (excluding diaryl/α,β-unsaturated/α-hetero) is 1. The Morgan fingerprint density at radius 3 is 2.66 bits per heavy atom. The van der Waals surface area contributed by atoms with E-state index in [-0.39, 0.29) is 6.79 Å². The first-order valence-electron chi connectivity index (χ1n) is 10.3. The molecule has 3 aromatic rings. The summed E-state index contributed by atoms with van der Waals surface area (Å²) in [5, 5.41) is 2.47. The zero-order valence-electron chi connectivity index (χ0n) is 16.4. The lowest BCUT2D eigenvalue weighted by molar-refractivity contribution is -0.126. The molecule has 1 saturated carbocycles. The van der Waals surface area contributed by atoms with Crippen LogP contribution in [0.5, 0.6) is 11.5 Å². The number of rotatable bonds is 4. The van der Waals surface area contributed by atoms with Gasteiger partial charge in [0.25, 0.3) is 0 Å². The van der Waals surface area contributed by atoms with Crippen molar-refractivity contribution in [1.82, 2.24) is 0 Å². The van der Waals surface area contributed by atoms with Gasteiger partial charge in [-0.2, -0.15) is 0 Å². The number of carbonyl (C=O) groups excluding carboxylic acids is 1. The highest BCUT2D eigenvalue weighted by Gasteiger charge is 2.41. The average molecular weight is 384 g/mol. The van der Waals surface area contributed by atoms with Crippen LogP contribution in [0.3, 0.4) is 0 Å². The second-order valence-electron chi connectivity index (χ2n) is 7.99. The van der Waals surface area contributed by atoms with Crippen molar-refractivity contribution in [3.05, 3.63) is 77.9 Å². The molecule has 0 aromatic heterocycles. The maximum absolute atomic E-state index is 13.1. The van der Waals surface area contributed by atoms with Gasteiger partial charge in [0.2, 0.25) is 6.79 Å². The number of allylic oxidation sites excluding steroid dienone is 1. The molecule has 146 valence electrons. The van der Waals surface area contributed by atoms with E-state index in [9.17, 15) is 4.79 Å². The van der Waals surface area contributed by atoms with Crippen LogP contribution in [0, 0.1) is 0 Å². The molecular weight excluding hydrogens is 360 g/mol. The molecule has 1 fully saturated rings. The van der Waals surface area contributed by atoms with E-state index < -0.39 is 5.41 Å². The molecule has 0 saturated heterocycles. The third kappa shape index (κ3) is 3.31. The first-order valence-corrected chi connectivity index (χ1v) is 10.3. The lowest BCUT2D eigenvalue weighted by Crippen LogP contribution is -2.38. The molecule has 1 aliphatic heterocycles. The van der Waals surface area contributed by atoms with E-state index in [1.807, 2.05) is 18.2 Å². The summed E-state index contributed by atoms with van der Waals surface area (Å²) in [7, 11) is 0. The Morgan fingerprint density at radius 1 is 0.897 bits per heavy atom. The van der Waals surface area contributed by atoms with E-state index in [1.165, 1.54) is 10.8 Å². The molecule has 3 aromatic carbocycles. The van der Waals surface area contributed by atoms with Crippen molar-refractivity contribution in [2.75, 3.05) is 6.79 Å². The highest BCUT2D eigenvalue weighted by atomic mass is 16.7. The third-order valence-corrected chi connectivity index (χ3v) is 6.27. The minimum absolute atomic E-state index is 0.252. The Bertz CT molecular complexity index is 1100. The number of hydrogen-bond donors (Lipinski definition) is 0. The van der Waals surface area contributed by atoms with Crippen LogP contribution < -0.4 is 9.47 Å². The summed E-state index contributed by atoms with van der Waals surface area (Å²) in [5.74, 6) is 1.85. The Hall–Kier alpha value is -3.07. The Morgan fingerprint density at radius 2 is 1.76 bits per heavy atom. The van der Waals surface area contributed by atoms with E-state index >= 15 is 0 Å². The fourth-order valence-corrected chi connectivity index (χ4v) is 4.63. The summed E-state index contributed by atoms with van der Waals surface area (Å²) in [5.41, 5.74) is 1.74. The minimum Gasteiger partial charge on any atom is -0.454 e. The van der Waals surface area contributed by atoms with Gasteiger partial charge in [-0.25, -0.2) is 0 Å². The summed E-state index contributed by atoms with van der Waals surface area (Å²) in [4.78, 5) is 13.1. The van der Waals surface area contributed by atoms with E-state index in [4.69, 9.17) is 9.47 Å². The number of fused-ring (bicyclic) bond motifs is 2. The van der Waals surface area contributed by atoms with Gasteiger partial charge in [0.15, 0.2) is 11.5 Å². The van der Waals surface area contributed by atoms with Gasteiger partial charge >= 0.3 is 0 Å². The number of carbonyl (C=O) groups is 1. The summed E-state index contributed by atoms with van der Waals surface area (Å²) in [6, 6.07) is 20.8. The van der Waals surface area contributed by atoms with Crippen LogP contribution in [0.2, 0.25) is 0 Å². The number of ether oxygens (including phenoxy) is 2. The van der Waals surface area contributed by atoms with Gasteiger partial charge in [0.1, 0.15) is 5.78 Å². The molecule has 0 bridgehead atoms. The number of hydrogen-bond acceptors (Lipinski definition) is 3. The van der Waals surface area contributed by atoms with Gasteiger partial charge in [-0.05, 0) is 59.4 Å². The Balaban J connectivity index is 1.45. The molecule has 29 heavy (non-hydrogen) atoms. The second-order valence-corrected chi connectivity index (χ2v) is 7.99. The van der Waals surface area contributed by atoms with Crippen LogP contribution in [0.4, 0.5) is 0 Å². The molecule has 0 amide bonds. The van der Waals surface area contributed by atoms with Crippen molar-refractivity contribution in [1.29, 1.82) is 0 Å². The van der Waals surface area contributed by atoms with Crippen LogP contribution in [-0.2, 0) is 10.2 Å². The summed E-state index contributed by atoms with van der Waals surface area (Å²) in [6.07, 6.45) is 8.61. The molecule has 1 atom stereocenters. The van der Waals surface area contributed by atoms with E-state index in [2.05, 4.69) is 54.6 Å². The highest BCUT2D eigenvalue weighted by molar-refractivity contribution is 5.91. The predicted molar refractivity (Wildman–Crippen MR) is 115 cm³/mol. The van der Waals surface area contributed by atoms with Crippen molar-refractivity contribution < 1.29 is 14.3 Å². The van der Waals surface area contributed by atoms with Crippen molar-refractivity contribution in [3.63, 3.8) is 0 Å². The van der Waals surface area contributed by atoms with E-state index in [0.717, 1.165) is 41.9 Å². The van der Waals surface area contributed by atoms with Crippen molar-refractivity contribution in [3.8, 4) is 11.5 Å². The van der Waals surface area contributed by atoms with Gasteiger partial charge in [-0.1, -0.05) is 61.0 Å². The summed E-state index contributed by atoms with van der Waals surface area (Å²) < 4.78 is 11.0. The maximum atomic E-state index is 13.1. The van der Waals surface area contributed by atoms with Crippen LogP contribution in [-0.4, -0.2) is 12.6 Å². The van der Waals surface area contributed by atoms with Gasteiger partial charge in [-0.15, -0.1) is 0 Å². The maximum Gasteiger partial charge on any atom is 0.231 e. The highest BCUT2D eigenvalue weighted by Crippen LogP contribution is 2.44. The molecule has 0 spiro atoms. The topological polar surface area (TPSA) is 35.5 Å². The molecule has 2 aliphatic rings. The van der Waals surface area contributed by atoms with Gasteiger partial charge < -0.3 is 9.47 Å². The molecule has 0 N–H and O–H groups in total. The zero-order valence-corrected chi connectivity index (χ0v) is 16.4. The molecule has 5 rings (SSSR count). The summed E-state index contributed by atoms with van der Waals surface area (Å²) in [6.45, 7) is 0.252. The standard InChI is InChI=1S/C26H24O3/c27-25-9-3-4-14-26(25,22-12-13-23-24(17-22)29-18-28-23)15-5-6-19-10-11-20-7-1-2-8-21(20)16-19/h1-2,5-8,10-13,16-17H,3-4,9,14-15,18H2/b6-5+/t26-/m1/s1. The quantitative estimate of drug-likeness (QED) is 0.549. The SMILES string of the molecule is O=C1CCCC[C@@]1(C/C=C/c1ccc2ccccc2c1)c1ccc2c(c1)OCO2. The molecule has 1 heterocycles. The van der Waals surface area contributed by atoms with Crippen LogP contribution in [0.25, 0.3) is 16.8 Å². The van der Waals surface area contributed by atoms with E-state index in [0.29, 0.717) is 18.6 Å². The van der Waals surface area contributed by atoms with E-state index in [1.54, 1.807) is 0 Å². The van der Waals surface area contributed by atoms with Crippen LogP contribution in [0.15, 0.2) is 66.7 Å². The number of benzene rings is 3. The predicted octanol–water partition coefficient (Wildman–Crippen LogP) is 6.05. The molecule has 0 unspecified atom stereocenters. The molecule has 3 heteroatoms. The van der Waals surface area contributed by atoms with Gasteiger partial charge in [-0.3, -0.25) is 4.79 Å². The van der Waals surface area contributed by atoms with Crippen molar-refractivity contribution in [2.45, 2.75) is 37.5 Å². The third-order valence-electron chi connectivity index (χ3n) is 6.27. The monoisotopic (exact) mass is 384 g/mol. The number of ketones is 1. The zero-order chi connectivity index (χ0) is 19.7. The fraction of sp³-hybridized carbons (Fsp3) is 0.269. The lowest BCUT2D eigenvalue weighted by Gasteiger charge is -2.35. The smallest absolute Gasteiger partial charge is 0.231 e.